The monoisotopic (exact) mass is 406 g/mol. The van der Waals surface area contributed by atoms with Crippen LogP contribution < -0.4 is 4.74 Å². The van der Waals surface area contributed by atoms with E-state index in [1.54, 1.807) is 12.1 Å². The molecule has 4 rings (SSSR count). The molecule has 3 nitrogen and oxygen atoms in total. The molecule has 0 bridgehead atoms. The fraction of sp³-hybridized carbons (Fsp3) is 0.125. The number of halogens is 2. The van der Waals surface area contributed by atoms with Crippen LogP contribution in [0.5, 0.6) is 5.75 Å². The maximum atomic E-state index is 14.4. The Morgan fingerprint density at radius 1 is 1.03 bits per heavy atom. The number of benzene rings is 3. The van der Waals surface area contributed by atoms with Crippen LogP contribution in [0.4, 0.5) is 4.39 Å². The first-order valence-electron chi connectivity index (χ1n) is 9.36. The van der Waals surface area contributed by atoms with Gasteiger partial charge in [0.05, 0.1) is 17.6 Å². The molecule has 0 N–H and O–H groups in total. The highest BCUT2D eigenvalue weighted by Crippen LogP contribution is 2.25. The molecule has 0 aliphatic carbocycles. The first-order valence-corrected chi connectivity index (χ1v) is 9.74. The molecule has 3 aromatic carbocycles. The van der Waals surface area contributed by atoms with Crippen molar-refractivity contribution in [2.24, 2.45) is 0 Å². The number of allylic oxidation sites excluding steroid dienone is 1. The quantitative estimate of drug-likeness (QED) is 0.342. The van der Waals surface area contributed by atoms with Gasteiger partial charge < -0.3 is 9.30 Å². The summed E-state index contributed by atoms with van der Waals surface area (Å²) in [5.41, 5.74) is 3.23. The largest absolute Gasteiger partial charge is 0.485 e. The maximum absolute atomic E-state index is 14.4. The van der Waals surface area contributed by atoms with Gasteiger partial charge in [0.1, 0.15) is 24.0 Å². The molecule has 0 atom stereocenters. The van der Waals surface area contributed by atoms with Gasteiger partial charge in [0.15, 0.2) is 0 Å². The van der Waals surface area contributed by atoms with Crippen LogP contribution in [0.25, 0.3) is 11.0 Å². The SMILES string of the molecule is C=CCc1ccccc1OCc1nc2ccccc2n1Cc1c(F)cccc1Cl. The fourth-order valence-electron chi connectivity index (χ4n) is 3.36. The number of rotatable bonds is 7. The summed E-state index contributed by atoms with van der Waals surface area (Å²) in [5.74, 6) is 1.16. The first kappa shape index (κ1) is 19.2. The van der Waals surface area contributed by atoms with Crippen LogP contribution >= 0.6 is 11.6 Å². The van der Waals surface area contributed by atoms with Crippen LogP contribution in [0.2, 0.25) is 5.02 Å². The van der Waals surface area contributed by atoms with E-state index in [9.17, 15) is 4.39 Å². The van der Waals surface area contributed by atoms with E-state index in [2.05, 4.69) is 6.58 Å². The number of hydrogen-bond acceptors (Lipinski definition) is 2. The minimum absolute atomic E-state index is 0.259. The van der Waals surface area contributed by atoms with Crippen LogP contribution in [0.1, 0.15) is 17.0 Å². The summed E-state index contributed by atoms with van der Waals surface area (Å²) in [6, 6.07) is 20.3. The molecule has 0 fully saturated rings. The van der Waals surface area contributed by atoms with Crippen LogP contribution in [0, 0.1) is 5.82 Å². The second-order valence-corrected chi connectivity index (χ2v) is 7.10. The van der Waals surface area contributed by atoms with Crippen molar-refractivity contribution in [3.63, 3.8) is 0 Å². The van der Waals surface area contributed by atoms with Crippen LogP contribution in [-0.2, 0) is 19.6 Å². The van der Waals surface area contributed by atoms with Crippen molar-refractivity contribution in [3.05, 3.63) is 107 Å². The summed E-state index contributed by atoms with van der Waals surface area (Å²) in [6.45, 7) is 4.34. The number of ether oxygens (including phenoxy) is 1. The first-order chi connectivity index (χ1) is 14.2. The van der Waals surface area contributed by atoms with Crippen molar-refractivity contribution in [3.8, 4) is 5.75 Å². The van der Waals surface area contributed by atoms with E-state index in [4.69, 9.17) is 21.3 Å². The molecule has 1 heterocycles. The van der Waals surface area contributed by atoms with E-state index in [1.165, 1.54) is 6.07 Å². The highest BCUT2D eigenvalue weighted by atomic mass is 35.5. The Morgan fingerprint density at radius 3 is 2.66 bits per heavy atom. The van der Waals surface area contributed by atoms with Crippen molar-refractivity contribution in [2.45, 2.75) is 19.6 Å². The summed E-state index contributed by atoms with van der Waals surface area (Å²) in [6.07, 6.45) is 2.56. The van der Waals surface area contributed by atoms with Crippen molar-refractivity contribution in [2.75, 3.05) is 0 Å². The lowest BCUT2D eigenvalue weighted by Gasteiger charge is -2.14. The van der Waals surface area contributed by atoms with E-state index in [-0.39, 0.29) is 19.0 Å². The molecular formula is C24H20ClFN2O. The molecule has 5 heteroatoms. The predicted molar refractivity (Wildman–Crippen MR) is 115 cm³/mol. The minimum Gasteiger partial charge on any atom is -0.485 e. The third-order valence-electron chi connectivity index (χ3n) is 4.81. The smallest absolute Gasteiger partial charge is 0.148 e. The van der Waals surface area contributed by atoms with Gasteiger partial charge in [-0.25, -0.2) is 9.37 Å². The number of hydrogen-bond donors (Lipinski definition) is 0. The molecule has 0 spiro atoms. The van der Waals surface area contributed by atoms with Gasteiger partial charge in [-0.2, -0.15) is 0 Å². The molecule has 29 heavy (non-hydrogen) atoms. The highest BCUT2D eigenvalue weighted by molar-refractivity contribution is 6.31. The molecule has 146 valence electrons. The van der Waals surface area contributed by atoms with Gasteiger partial charge in [0.2, 0.25) is 0 Å². The highest BCUT2D eigenvalue weighted by Gasteiger charge is 2.15. The van der Waals surface area contributed by atoms with Crippen LogP contribution in [0.15, 0.2) is 79.4 Å². The van der Waals surface area contributed by atoms with E-state index in [1.807, 2.05) is 59.2 Å². The van der Waals surface area contributed by atoms with E-state index in [0.29, 0.717) is 16.4 Å². The normalized spacial score (nSPS) is 11.0. The molecule has 4 aromatic rings. The van der Waals surface area contributed by atoms with Crippen molar-refractivity contribution >= 4 is 22.6 Å². The Balaban J connectivity index is 1.70. The summed E-state index contributed by atoms with van der Waals surface area (Å²) in [7, 11) is 0. The number of imidazole rings is 1. The summed E-state index contributed by atoms with van der Waals surface area (Å²) < 4.78 is 22.4. The number of fused-ring (bicyclic) bond motifs is 1. The van der Waals surface area contributed by atoms with Gasteiger partial charge >= 0.3 is 0 Å². The summed E-state index contributed by atoms with van der Waals surface area (Å²) >= 11 is 6.26. The second-order valence-electron chi connectivity index (χ2n) is 6.69. The third-order valence-corrected chi connectivity index (χ3v) is 5.16. The summed E-state index contributed by atoms with van der Waals surface area (Å²) in [4.78, 5) is 4.71. The predicted octanol–water partition coefficient (Wildman–Crippen LogP) is 6.18. The van der Waals surface area contributed by atoms with Crippen molar-refractivity contribution < 1.29 is 9.13 Å². The number of aromatic nitrogens is 2. The molecule has 0 saturated heterocycles. The lowest BCUT2D eigenvalue weighted by molar-refractivity contribution is 0.288. The van der Waals surface area contributed by atoms with E-state index in [0.717, 1.165) is 28.8 Å². The van der Waals surface area contributed by atoms with E-state index < -0.39 is 0 Å². The fourth-order valence-corrected chi connectivity index (χ4v) is 3.59. The zero-order chi connectivity index (χ0) is 20.2. The van der Waals surface area contributed by atoms with Crippen LogP contribution in [0.3, 0.4) is 0 Å². The minimum atomic E-state index is -0.335. The Kier molecular flexibility index (Phi) is 5.63. The van der Waals surface area contributed by atoms with Gasteiger partial charge in [0.25, 0.3) is 0 Å². The second kappa shape index (κ2) is 8.50. The van der Waals surface area contributed by atoms with Crippen LogP contribution in [-0.4, -0.2) is 9.55 Å². The Hall–Kier alpha value is -3.11. The Morgan fingerprint density at radius 2 is 1.83 bits per heavy atom. The van der Waals surface area contributed by atoms with Gasteiger partial charge in [-0.05, 0) is 42.3 Å². The lowest BCUT2D eigenvalue weighted by atomic mass is 10.1. The molecule has 1 aromatic heterocycles. The number of nitrogens with zero attached hydrogens (tertiary/aromatic N) is 2. The van der Waals surface area contributed by atoms with Crippen molar-refractivity contribution in [1.29, 1.82) is 0 Å². The molecule has 0 saturated carbocycles. The number of para-hydroxylation sites is 3. The molecule has 0 aliphatic rings. The topological polar surface area (TPSA) is 27.1 Å². The summed E-state index contributed by atoms with van der Waals surface area (Å²) in [5, 5.41) is 0.394. The average Bonchev–Trinajstić information content (AvgIpc) is 3.08. The van der Waals surface area contributed by atoms with E-state index >= 15 is 0 Å². The molecule has 0 unspecified atom stereocenters. The zero-order valence-electron chi connectivity index (χ0n) is 15.8. The zero-order valence-corrected chi connectivity index (χ0v) is 16.6. The molecular weight excluding hydrogens is 387 g/mol. The lowest BCUT2D eigenvalue weighted by Crippen LogP contribution is -2.10. The van der Waals surface area contributed by atoms with Gasteiger partial charge in [-0.3, -0.25) is 0 Å². The van der Waals surface area contributed by atoms with Gasteiger partial charge in [-0.1, -0.05) is 54.1 Å². The molecule has 0 amide bonds. The molecule has 0 radical (unpaired) electrons. The Bertz CT molecular complexity index is 1150. The Labute approximate surface area is 174 Å². The van der Waals surface area contributed by atoms with Gasteiger partial charge in [0, 0.05) is 10.6 Å². The third kappa shape index (κ3) is 4.03. The van der Waals surface area contributed by atoms with Crippen molar-refractivity contribution in [1.82, 2.24) is 9.55 Å². The average molecular weight is 407 g/mol. The molecule has 0 aliphatic heterocycles. The van der Waals surface area contributed by atoms with Gasteiger partial charge in [-0.15, -0.1) is 6.58 Å². The standard InChI is InChI=1S/C24H20ClFN2O/c1-2-8-17-9-3-6-14-23(17)29-16-24-27-21-12-4-5-13-22(21)28(24)15-18-19(25)10-7-11-20(18)26/h2-7,9-14H,1,8,15-16H2. The maximum Gasteiger partial charge on any atom is 0.148 e.